The molecule has 4 unspecified atom stereocenters. The summed E-state index contributed by atoms with van der Waals surface area (Å²) >= 11 is 0. The highest BCUT2D eigenvalue weighted by Gasteiger charge is 2.33. The van der Waals surface area contributed by atoms with Crippen LogP contribution >= 0.6 is 21.6 Å². The molecule has 10 nitrogen and oxygen atoms in total. The zero-order chi connectivity index (χ0) is 26.8. The molecular weight excluding hydrogens is 504 g/mol. The van der Waals surface area contributed by atoms with Gasteiger partial charge in [0, 0.05) is 11.5 Å². The fourth-order valence-corrected chi connectivity index (χ4v) is 5.66. The molecule has 12 heteroatoms. The third kappa shape index (κ3) is 8.88. The quantitative estimate of drug-likeness (QED) is 0.178. The maximum atomic E-state index is 13.2. The van der Waals surface area contributed by atoms with Crippen LogP contribution in [-0.2, 0) is 28.7 Å². The molecule has 0 aromatic heterocycles. The number of hydrogen-bond acceptors (Lipinski definition) is 8. The standard InChI is InChI=1S/C24H36N4O6S2/c1-6-16-21(30)28-20(14(4)5)24(33)34-15-9-7-8-10-35-36-12-17(22(31)25-16)26-23(32)19(13(2)3)27-18(29)11-15/h6-7,9,13-15,17,19-20H,8,10-12H2,1-5H3,(H,25,31)(H,26,32)(H,27,29)(H,28,30)/b9-7-,16-6?. The summed E-state index contributed by atoms with van der Waals surface area (Å²) in [7, 11) is 2.95. The van der Waals surface area contributed by atoms with E-state index in [9.17, 15) is 24.0 Å². The van der Waals surface area contributed by atoms with Gasteiger partial charge in [-0.3, -0.25) is 19.2 Å². The molecule has 2 aliphatic rings. The molecular formula is C24H36N4O6S2. The van der Waals surface area contributed by atoms with Crippen LogP contribution in [0.3, 0.4) is 0 Å². The van der Waals surface area contributed by atoms with Crippen molar-refractivity contribution >= 4 is 51.2 Å². The second-order valence-corrected chi connectivity index (χ2v) is 11.9. The number of allylic oxidation sites excluding steroid dienone is 2. The van der Waals surface area contributed by atoms with Crippen LogP contribution < -0.4 is 21.3 Å². The van der Waals surface area contributed by atoms with Crippen molar-refractivity contribution in [3.05, 3.63) is 23.9 Å². The molecule has 0 spiro atoms. The minimum atomic E-state index is -1.00. The summed E-state index contributed by atoms with van der Waals surface area (Å²) in [5, 5.41) is 10.7. The molecule has 2 heterocycles. The van der Waals surface area contributed by atoms with Crippen molar-refractivity contribution in [1.82, 2.24) is 21.3 Å². The molecule has 2 aliphatic heterocycles. The fourth-order valence-electron chi connectivity index (χ4n) is 3.50. The van der Waals surface area contributed by atoms with Gasteiger partial charge >= 0.3 is 5.97 Å². The highest BCUT2D eigenvalue weighted by Crippen LogP contribution is 2.24. The maximum absolute atomic E-state index is 13.2. The fraction of sp³-hybridized carbons (Fsp3) is 0.625. The van der Waals surface area contributed by atoms with E-state index < -0.39 is 53.8 Å². The van der Waals surface area contributed by atoms with Crippen molar-refractivity contribution in [2.24, 2.45) is 11.8 Å². The van der Waals surface area contributed by atoms with Gasteiger partial charge in [0.25, 0.3) is 5.91 Å². The summed E-state index contributed by atoms with van der Waals surface area (Å²) in [5.74, 6) is -2.54. The van der Waals surface area contributed by atoms with Gasteiger partial charge in [-0.05, 0) is 31.3 Å². The van der Waals surface area contributed by atoms with Crippen molar-refractivity contribution in [2.75, 3.05) is 11.5 Å². The molecule has 2 rings (SSSR count). The normalized spacial score (nSPS) is 29.6. The van der Waals surface area contributed by atoms with Crippen molar-refractivity contribution in [3.8, 4) is 0 Å². The average molecular weight is 541 g/mol. The predicted molar refractivity (Wildman–Crippen MR) is 141 cm³/mol. The van der Waals surface area contributed by atoms with E-state index in [2.05, 4.69) is 21.3 Å². The van der Waals surface area contributed by atoms with Gasteiger partial charge in [0.15, 0.2) is 0 Å². The van der Waals surface area contributed by atoms with E-state index >= 15 is 0 Å². The monoisotopic (exact) mass is 540 g/mol. The van der Waals surface area contributed by atoms with E-state index in [0.717, 1.165) is 0 Å². The van der Waals surface area contributed by atoms with E-state index in [-0.39, 0.29) is 29.7 Å². The minimum Gasteiger partial charge on any atom is -0.456 e. The van der Waals surface area contributed by atoms with Crippen LogP contribution in [0.4, 0.5) is 0 Å². The topological polar surface area (TPSA) is 143 Å². The number of rotatable bonds is 2. The summed E-state index contributed by atoms with van der Waals surface area (Å²) in [4.78, 5) is 65.2. The van der Waals surface area contributed by atoms with Crippen LogP contribution in [0, 0.1) is 11.8 Å². The smallest absolute Gasteiger partial charge is 0.329 e. The number of fused-ring (bicyclic) bond motifs is 7. The molecule has 1 fully saturated rings. The Bertz CT molecular complexity index is 905. The Hall–Kier alpha value is -2.47. The zero-order valence-electron chi connectivity index (χ0n) is 21.3. The molecule has 0 saturated carbocycles. The van der Waals surface area contributed by atoms with Gasteiger partial charge in [-0.2, -0.15) is 0 Å². The lowest BCUT2D eigenvalue weighted by Crippen LogP contribution is -2.57. The lowest BCUT2D eigenvalue weighted by atomic mass is 10.0. The van der Waals surface area contributed by atoms with Crippen molar-refractivity contribution in [3.63, 3.8) is 0 Å². The van der Waals surface area contributed by atoms with E-state index in [0.29, 0.717) is 12.2 Å². The summed E-state index contributed by atoms with van der Waals surface area (Å²) in [6.07, 6.45) is 4.51. The lowest BCUT2D eigenvalue weighted by molar-refractivity contribution is -0.153. The molecule has 4 N–H and O–H groups in total. The third-order valence-corrected chi connectivity index (χ3v) is 8.03. The Kier molecular flexibility index (Phi) is 11.8. The number of esters is 1. The molecule has 1 saturated heterocycles. The first-order chi connectivity index (χ1) is 17.0. The van der Waals surface area contributed by atoms with Gasteiger partial charge in [0.2, 0.25) is 17.7 Å². The summed E-state index contributed by atoms with van der Waals surface area (Å²) in [6.45, 7) is 8.66. The van der Waals surface area contributed by atoms with Crippen molar-refractivity contribution < 1.29 is 28.7 Å². The molecule has 2 bridgehead atoms. The molecule has 200 valence electrons. The van der Waals surface area contributed by atoms with Gasteiger partial charge in [-0.15, -0.1) is 0 Å². The van der Waals surface area contributed by atoms with Crippen LogP contribution in [0.25, 0.3) is 0 Å². The Morgan fingerprint density at radius 3 is 2.28 bits per heavy atom. The number of nitrogens with one attached hydrogen (secondary N) is 4. The first kappa shape index (κ1) is 29.8. The predicted octanol–water partition coefficient (Wildman–Crippen LogP) is 1.43. The largest absolute Gasteiger partial charge is 0.456 e. The molecule has 4 atom stereocenters. The van der Waals surface area contributed by atoms with Gasteiger partial charge in [0.1, 0.15) is 29.9 Å². The molecule has 0 aliphatic carbocycles. The van der Waals surface area contributed by atoms with Gasteiger partial charge in [-0.1, -0.05) is 61.4 Å². The molecule has 36 heavy (non-hydrogen) atoms. The Balaban J connectivity index is 2.55. The molecule has 0 radical (unpaired) electrons. The molecule has 4 amide bonds. The number of amides is 4. The van der Waals surface area contributed by atoms with Crippen LogP contribution in [0.1, 0.15) is 47.5 Å². The third-order valence-electron chi connectivity index (χ3n) is 5.59. The number of hydrogen-bond donors (Lipinski definition) is 4. The Morgan fingerprint density at radius 1 is 0.944 bits per heavy atom. The molecule has 0 aromatic rings. The summed E-state index contributed by atoms with van der Waals surface area (Å²) in [5.41, 5.74) is -0.0445. The van der Waals surface area contributed by atoms with E-state index in [1.54, 1.807) is 40.7 Å². The zero-order valence-corrected chi connectivity index (χ0v) is 22.9. The van der Waals surface area contributed by atoms with Crippen LogP contribution in [0.2, 0.25) is 0 Å². The highest BCUT2D eigenvalue weighted by atomic mass is 33.1. The van der Waals surface area contributed by atoms with E-state index in [1.807, 2.05) is 6.08 Å². The first-order valence-corrected chi connectivity index (χ1v) is 14.5. The highest BCUT2D eigenvalue weighted by molar-refractivity contribution is 8.76. The van der Waals surface area contributed by atoms with Crippen LogP contribution in [-0.4, -0.2) is 65.3 Å². The van der Waals surface area contributed by atoms with Gasteiger partial charge in [-0.25, -0.2) is 4.79 Å². The second kappa shape index (κ2) is 14.3. The van der Waals surface area contributed by atoms with Gasteiger partial charge in [0.05, 0.1) is 6.42 Å². The van der Waals surface area contributed by atoms with Crippen LogP contribution in [0.15, 0.2) is 23.9 Å². The average Bonchev–Trinajstić information content (AvgIpc) is 2.81. The van der Waals surface area contributed by atoms with Crippen LogP contribution in [0.5, 0.6) is 0 Å². The van der Waals surface area contributed by atoms with Crippen molar-refractivity contribution in [2.45, 2.75) is 71.7 Å². The number of ether oxygens (including phenoxy) is 1. The number of carbonyl (C=O) groups excluding carboxylic acids is 5. The SMILES string of the molecule is CC=C1NC(=O)C2CSSCC/C=C\C(CC(=O)NC(C(C)C)C(=O)N2)OC(=O)C(C(C)C)NC1=O. The van der Waals surface area contributed by atoms with Crippen molar-refractivity contribution in [1.29, 1.82) is 0 Å². The lowest BCUT2D eigenvalue weighted by Gasteiger charge is -2.27. The number of carbonyl (C=O) groups is 5. The first-order valence-electron chi connectivity index (χ1n) is 12.0. The Morgan fingerprint density at radius 2 is 1.64 bits per heavy atom. The Labute approximate surface area is 220 Å². The van der Waals surface area contributed by atoms with E-state index in [4.69, 9.17) is 4.74 Å². The van der Waals surface area contributed by atoms with Gasteiger partial charge < -0.3 is 26.0 Å². The maximum Gasteiger partial charge on any atom is 0.329 e. The summed E-state index contributed by atoms with van der Waals surface area (Å²) in [6, 6.07) is -2.86. The minimum absolute atomic E-state index is 0.0445. The second-order valence-electron chi connectivity index (χ2n) is 9.24. The van der Waals surface area contributed by atoms with E-state index in [1.165, 1.54) is 27.7 Å². The molecule has 0 aromatic carbocycles. The summed E-state index contributed by atoms with van der Waals surface area (Å²) < 4.78 is 5.65.